The molecule has 0 bridgehead atoms. The van der Waals surface area contributed by atoms with Gasteiger partial charge < -0.3 is 5.32 Å². The van der Waals surface area contributed by atoms with Gasteiger partial charge in [0.05, 0.1) is 0 Å². The molecule has 1 heterocycles. The fourth-order valence-corrected chi connectivity index (χ4v) is 2.20. The van der Waals surface area contributed by atoms with Crippen molar-refractivity contribution in [2.45, 2.75) is 39.8 Å². The van der Waals surface area contributed by atoms with Crippen LogP contribution in [-0.4, -0.2) is 6.04 Å². The van der Waals surface area contributed by atoms with Crippen molar-refractivity contribution in [3.63, 3.8) is 0 Å². The molecule has 1 aliphatic rings. The van der Waals surface area contributed by atoms with Crippen LogP contribution in [0.25, 0.3) is 0 Å². The Labute approximate surface area is 80.2 Å². The van der Waals surface area contributed by atoms with Crippen molar-refractivity contribution < 1.29 is 0 Å². The van der Waals surface area contributed by atoms with E-state index in [1.54, 1.807) is 5.56 Å². The van der Waals surface area contributed by atoms with E-state index in [1.807, 2.05) is 0 Å². The quantitative estimate of drug-likeness (QED) is 0.638. The van der Waals surface area contributed by atoms with E-state index in [9.17, 15) is 0 Å². The second kappa shape index (κ2) is 3.15. The summed E-state index contributed by atoms with van der Waals surface area (Å²) in [4.78, 5) is 0. The van der Waals surface area contributed by atoms with Gasteiger partial charge in [-0.1, -0.05) is 17.7 Å². The van der Waals surface area contributed by atoms with E-state index in [-0.39, 0.29) is 0 Å². The summed E-state index contributed by atoms with van der Waals surface area (Å²) in [6, 6.07) is 5.24. The molecule has 0 spiro atoms. The van der Waals surface area contributed by atoms with Gasteiger partial charge in [0.15, 0.2) is 0 Å². The molecule has 1 heteroatoms. The Morgan fingerprint density at radius 3 is 2.85 bits per heavy atom. The van der Waals surface area contributed by atoms with Crippen LogP contribution in [0, 0.1) is 13.8 Å². The van der Waals surface area contributed by atoms with Crippen LogP contribution in [0.15, 0.2) is 12.1 Å². The Morgan fingerprint density at radius 2 is 2.08 bits per heavy atom. The Balaban J connectivity index is 2.47. The number of hydrogen-bond acceptors (Lipinski definition) is 1. The minimum Gasteiger partial charge on any atom is -0.310 e. The molecule has 1 aliphatic heterocycles. The first kappa shape index (κ1) is 8.76. The number of fused-ring (bicyclic) bond motifs is 1. The molecule has 0 aliphatic carbocycles. The normalized spacial score (nSPS) is 21.3. The molecule has 1 aromatic rings. The lowest BCUT2D eigenvalue weighted by Gasteiger charge is -2.25. The molecule has 0 fully saturated rings. The van der Waals surface area contributed by atoms with E-state index in [2.05, 4.69) is 38.2 Å². The average molecular weight is 175 g/mol. The van der Waals surface area contributed by atoms with Gasteiger partial charge in [0.25, 0.3) is 0 Å². The second-order valence-corrected chi connectivity index (χ2v) is 4.21. The topological polar surface area (TPSA) is 12.0 Å². The SMILES string of the molecule is Cc1cc(C)c2c(c1)CC(C)NC2. The van der Waals surface area contributed by atoms with Crippen LogP contribution in [0.4, 0.5) is 0 Å². The van der Waals surface area contributed by atoms with E-state index < -0.39 is 0 Å². The second-order valence-electron chi connectivity index (χ2n) is 4.21. The maximum atomic E-state index is 3.50. The lowest BCUT2D eigenvalue weighted by molar-refractivity contribution is 0.512. The zero-order valence-electron chi connectivity index (χ0n) is 8.65. The number of rotatable bonds is 0. The number of aryl methyl sites for hydroxylation is 2. The lowest BCUT2D eigenvalue weighted by atomic mass is 9.91. The summed E-state index contributed by atoms with van der Waals surface area (Å²) in [6.07, 6.45) is 1.18. The van der Waals surface area contributed by atoms with Crippen molar-refractivity contribution in [2.75, 3.05) is 0 Å². The molecular formula is C12H17N. The summed E-state index contributed by atoms with van der Waals surface area (Å²) in [5.74, 6) is 0. The van der Waals surface area contributed by atoms with Crippen LogP contribution in [0.1, 0.15) is 29.2 Å². The summed E-state index contributed by atoms with van der Waals surface area (Å²) in [6.45, 7) is 7.69. The van der Waals surface area contributed by atoms with Gasteiger partial charge in [-0.15, -0.1) is 0 Å². The van der Waals surface area contributed by atoms with Crippen LogP contribution in [0.3, 0.4) is 0 Å². The number of hydrogen-bond donors (Lipinski definition) is 1. The van der Waals surface area contributed by atoms with Gasteiger partial charge >= 0.3 is 0 Å². The molecule has 0 aromatic heterocycles. The largest absolute Gasteiger partial charge is 0.310 e. The zero-order chi connectivity index (χ0) is 9.42. The number of benzene rings is 1. The van der Waals surface area contributed by atoms with Gasteiger partial charge in [-0.2, -0.15) is 0 Å². The van der Waals surface area contributed by atoms with Gasteiger partial charge in [0.2, 0.25) is 0 Å². The average Bonchev–Trinajstić information content (AvgIpc) is 2.02. The molecule has 13 heavy (non-hydrogen) atoms. The van der Waals surface area contributed by atoms with Crippen molar-refractivity contribution in [1.29, 1.82) is 0 Å². The molecule has 0 radical (unpaired) electrons. The summed E-state index contributed by atoms with van der Waals surface area (Å²) in [7, 11) is 0. The molecule has 0 saturated heterocycles. The first-order chi connectivity index (χ1) is 6.16. The Morgan fingerprint density at radius 1 is 1.31 bits per heavy atom. The minimum atomic E-state index is 0.633. The molecule has 1 aromatic carbocycles. The smallest absolute Gasteiger partial charge is 0.0213 e. The first-order valence-corrected chi connectivity index (χ1v) is 4.99. The van der Waals surface area contributed by atoms with E-state index in [0.717, 1.165) is 6.54 Å². The van der Waals surface area contributed by atoms with Crippen molar-refractivity contribution in [2.24, 2.45) is 0 Å². The van der Waals surface area contributed by atoms with E-state index >= 15 is 0 Å². The molecule has 1 unspecified atom stereocenters. The van der Waals surface area contributed by atoms with Gasteiger partial charge in [-0.3, -0.25) is 0 Å². The van der Waals surface area contributed by atoms with Crippen molar-refractivity contribution >= 4 is 0 Å². The highest BCUT2D eigenvalue weighted by atomic mass is 14.9. The predicted molar refractivity (Wildman–Crippen MR) is 55.9 cm³/mol. The Bertz CT molecular complexity index is 328. The molecule has 1 atom stereocenters. The molecule has 70 valence electrons. The first-order valence-electron chi connectivity index (χ1n) is 4.99. The maximum absolute atomic E-state index is 3.50. The third kappa shape index (κ3) is 1.61. The standard InChI is InChI=1S/C12H17N/c1-8-4-9(2)12-7-13-10(3)6-11(12)5-8/h4-5,10,13H,6-7H2,1-3H3. The Kier molecular flexibility index (Phi) is 2.12. The Hall–Kier alpha value is -0.820. The predicted octanol–water partition coefficient (Wildman–Crippen LogP) is 2.34. The van der Waals surface area contributed by atoms with Crippen LogP contribution >= 0.6 is 0 Å². The zero-order valence-corrected chi connectivity index (χ0v) is 8.65. The maximum Gasteiger partial charge on any atom is 0.0213 e. The van der Waals surface area contributed by atoms with E-state index in [4.69, 9.17) is 0 Å². The fraction of sp³-hybridized carbons (Fsp3) is 0.500. The van der Waals surface area contributed by atoms with Gasteiger partial charge in [-0.05, 0) is 43.9 Å². The highest BCUT2D eigenvalue weighted by molar-refractivity contribution is 5.39. The van der Waals surface area contributed by atoms with Crippen LogP contribution < -0.4 is 5.32 Å². The third-order valence-electron chi connectivity index (χ3n) is 2.86. The van der Waals surface area contributed by atoms with Crippen molar-refractivity contribution in [3.05, 3.63) is 34.4 Å². The molecular weight excluding hydrogens is 158 g/mol. The summed E-state index contributed by atoms with van der Waals surface area (Å²) in [5, 5.41) is 3.50. The van der Waals surface area contributed by atoms with Gasteiger partial charge in [0, 0.05) is 12.6 Å². The van der Waals surface area contributed by atoms with Gasteiger partial charge in [0.1, 0.15) is 0 Å². The highest BCUT2D eigenvalue weighted by Gasteiger charge is 2.15. The fourth-order valence-electron chi connectivity index (χ4n) is 2.20. The summed E-state index contributed by atoms with van der Waals surface area (Å²) in [5.41, 5.74) is 5.90. The minimum absolute atomic E-state index is 0.633. The highest BCUT2D eigenvalue weighted by Crippen LogP contribution is 2.21. The summed E-state index contributed by atoms with van der Waals surface area (Å²) < 4.78 is 0. The third-order valence-corrected chi connectivity index (χ3v) is 2.86. The summed E-state index contributed by atoms with van der Waals surface area (Å²) >= 11 is 0. The van der Waals surface area contributed by atoms with Crippen molar-refractivity contribution in [1.82, 2.24) is 5.32 Å². The van der Waals surface area contributed by atoms with Crippen LogP contribution in [-0.2, 0) is 13.0 Å². The van der Waals surface area contributed by atoms with E-state index in [0.29, 0.717) is 6.04 Å². The van der Waals surface area contributed by atoms with E-state index in [1.165, 1.54) is 23.1 Å². The van der Waals surface area contributed by atoms with Crippen molar-refractivity contribution in [3.8, 4) is 0 Å². The van der Waals surface area contributed by atoms with Crippen LogP contribution in [0.5, 0.6) is 0 Å². The molecule has 0 saturated carbocycles. The molecule has 1 nitrogen and oxygen atoms in total. The number of nitrogens with one attached hydrogen (secondary N) is 1. The molecule has 0 amide bonds. The van der Waals surface area contributed by atoms with Crippen LogP contribution in [0.2, 0.25) is 0 Å². The monoisotopic (exact) mass is 175 g/mol. The molecule has 2 rings (SSSR count). The lowest BCUT2D eigenvalue weighted by Crippen LogP contribution is -2.33. The molecule has 1 N–H and O–H groups in total. The van der Waals surface area contributed by atoms with Gasteiger partial charge in [-0.25, -0.2) is 0 Å².